The van der Waals surface area contributed by atoms with E-state index >= 15 is 0 Å². The molecule has 0 saturated heterocycles. The first-order valence-electron chi connectivity index (χ1n) is 7.53. The summed E-state index contributed by atoms with van der Waals surface area (Å²) in [5.41, 5.74) is 5.29. The molecule has 1 atom stereocenters. The number of benzene rings is 2. The summed E-state index contributed by atoms with van der Waals surface area (Å²) in [4.78, 5) is 4.94. The summed E-state index contributed by atoms with van der Waals surface area (Å²) >= 11 is 0. The zero-order valence-corrected chi connectivity index (χ0v) is 12.7. The van der Waals surface area contributed by atoms with Gasteiger partial charge in [-0.25, -0.2) is 0 Å². The van der Waals surface area contributed by atoms with Crippen LogP contribution in [0.3, 0.4) is 0 Å². The molecule has 0 radical (unpaired) electrons. The number of nitrogens with zero attached hydrogens (tertiary/aromatic N) is 1. The zero-order chi connectivity index (χ0) is 14.7. The molecule has 0 N–H and O–H groups in total. The Bertz CT molecular complexity index is 646. The highest BCUT2D eigenvalue weighted by atomic mass is 16.5. The fourth-order valence-electron chi connectivity index (χ4n) is 3.02. The molecular weight excluding hydrogens is 258 g/mol. The molecule has 3 rings (SSSR count). The molecule has 2 nitrogen and oxygen atoms in total. The molecule has 2 aromatic carbocycles. The van der Waals surface area contributed by atoms with Gasteiger partial charge in [0, 0.05) is 12.1 Å². The highest BCUT2D eigenvalue weighted by Gasteiger charge is 2.18. The van der Waals surface area contributed by atoms with Crippen LogP contribution < -0.4 is 4.74 Å². The number of rotatable bonds is 3. The Labute approximate surface area is 126 Å². The van der Waals surface area contributed by atoms with E-state index in [1.165, 1.54) is 22.4 Å². The largest absolute Gasteiger partial charge is 0.496 e. The highest BCUT2D eigenvalue weighted by molar-refractivity contribution is 5.89. The maximum Gasteiger partial charge on any atom is 0.122 e. The van der Waals surface area contributed by atoms with E-state index in [2.05, 4.69) is 43.3 Å². The van der Waals surface area contributed by atoms with Crippen LogP contribution in [0.5, 0.6) is 5.75 Å². The number of aliphatic imine (C=N–C) groups is 1. The summed E-state index contributed by atoms with van der Waals surface area (Å²) in [6.45, 7) is 2.17. The first-order valence-corrected chi connectivity index (χ1v) is 7.53. The molecule has 0 saturated carbocycles. The van der Waals surface area contributed by atoms with Crippen LogP contribution in [0.2, 0.25) is 0 Å². The Balaban J connectivity index is 1.81. The topological polar surface area (TPSA) is 21.6 Å². The van der Waals surface area contributed by atoms with Crippen molar-refractivity contribution in [3.05, 3.63) is 65.2 Å². The first kappa shape index (κ1) is 13.9. The summed E-state index contributed by atoms with van der Waals surface area (Å²) in [7, 11) is 1.75. The summed E-state index contributed by atoms with van der Waals surface area (Å²) in [5, 5.41) is 0. The van der Waals surface area contributed by atoms with Crippen LogP contribution in [0.1, 0.15) is 36.1 Å². The lowest BCUT2D eigenvalue weighted by Gasteiger charge is -2.21. The van der Waals surface area contributed by atoms with Crippen LogP contribution in [0, 0.1) is 0 Å². The Kier molecular flexibility index (Phi) is 4.05. The van der Waals surface area contributed by atoms with Crippen LogP contribution in [-0.4, -0.2) is 12.8 Å². The predicted octanol–water partition coefficient (Wildman–Crippen LogP) is 4.39. The molecule has 1 aliphatic rings. The SMILES string of the molecule is COc1cccc2c1CCC(=N[C@H](C)c1ccccc1)C2. The van der Waals surface area contributed by atoms with E-state index < -0.39 is 0 Å². The maximum absolute atomic E-state index is 5.46. The van der Waals surface area contributed by atoms with Gasteiger partial charge in [0.2, 0.25) is 0 Å². The van der Waals surface area contributed by atoms with Crippen LogP contribution in [-0.2, 0) is 12.8 Å². The van der Waals surface area contributed by atoms with Gasteiger partial charge in [-0.15, -0.1) is 0 Å². The molecule has 0 aromatic heterocycles. The van der Waals surface area contributed by atoms with Gasteiger partial charge in [0.05, 0.1) is 13.2 Å². The van der Waals surface area contributed by atoms with Crippen molar-refractivity contribution in [3.8, 4) is 5.75 Å². The fourth-order valence-corrected chi connectivity index (χ4v) is 3.02. The van der Waals surface area contributed by atoms with Gasteiger partial charge < -0.3 is 4.74 Å². The molecule has 0 bridgehead atoms. The van der Waals surface area contributed by atoms with Crippen molar-refractivity contribution in [3.63, 3.8) is 0 Å². The summed E-state index contributed by atoms with van der Waals surface area (Å²) in [6.07, 6.45) is 3.01. The molecule has 108 valence electrons. The lowest BCUT2D eigenvalue weighted by molar-refractivity contribution is 0.408. The van der Waals surface area contributed by atoms with Gasteiger partial charge in [-0.3, -0.25) is 4.99 Å². The lowest BCUT2D eigenvalue weighted by atomic mass is 9.89. The number of methoxy groups -OCH3 is 1. The van der Waals surface area contributed by atoms with Gasteiger partial charge >= 0.3 is 0 Å². The first-order chi connectivity index (χ1) is 10.3. The van der Waals surface area contributed by atoms with Crippen molar-refractivity contribution < 1.29 is 4.74 Å². The lowest BCUT2D eigenvalue weighted by Crippen LogP contribution is -2.15. The van der Waals surface area contributed by atoms with Crippen LogP contribution >= 0.6 is 0 Å². The van der Waals surface area contributed by atoms with Gasteiger partial charge in [0.1, 0.15) is 5.75 Å². The molecule has 2 aromatic rings. The minimum atomic E-state index is 0.230. The standard InChI is InChI=1S/C19H21NO/c1-14(15-7-4-3-5-8-15)20-17-11-12-18-16(13-17)9-6-10-19(18)21-2/h3-10,14H,11-13H2,1-2H3/t14-/m1/s1. The van der Waals surface area contributed by atoms with Gasteiger partial charge in [-0.2, -0.15) is 0 Å². The van der Waals surface area contributed by atoms with E-state index in [1.807, 2.05) is 12.1 Å². The molecule has 21 heavy (non-hydrogen) atoms. The van der Waals surface area contributed by atoms with Gasteiger partial charge in [0.25, 0.3) is 0 Å². The van der Waals surface area contributed by atoms with Crippen LogP contribution in [0.25, 0.3) is 0 Å². The second-order valence-corrected chi connectivity index (χ2v) is 5.56. The molecule has 0 spiro atoms. The number of hydrogen-bond acceptors (Lipinski definition) is 2. The predicted molar refractivity (Wildman–Crippen MR) is 87.3 cm³/mol. The third-order valence-corrected chi connectivity index (χ3v) is 4.17. The second-order valence-electron chi connectivity index (χ2n) is 5.56. The summed E-state index contributed by atoms with van der Waals surface area (Å²) < 4.78 is 5.46. The van der Waals surface area contributed by atoms with E-state index in [0.717, 1.165) is 25.0 Å². The smallest absolute Gasteiger partial charge is 0.122 e. The average molecular weight is 279 g/mol. The molecule has 0 aliphatic heterocycles. The van der Waals surface area contributed by atoms with Crippen molar-refractivity contribution in [1.82, 2.24) is 0 Å². The normalized spacial score (nSPS) is 17.3. The molecule has 0 fully saturated rings. The van der Waals surface area contributed by atoms with Gasteiger partial charge in [-0.05, 0) is 42.5 Å². The van der Waals surface area contributed by atoms with Gasteiger partial charge in [-0.1, -0.05) is 42.5 Å². The van der Waals surface area contributed by atoms with E-state index in [9.17, 15) is 0 Å². The van der Waals surface area contributed by atoms with Crippen molar-refractivity contribution in [2.75, 3.05) is 7.11 Å². The third kappa shape index (κ3) is 2.99. The highest BCUT2D eigenvalue weighted by Crippen LogP contribution is 2.29. The maximum atomic E-state index is 5.46. The number of ether oxygens (including phenoxy) is 1. The van der Waals surface area contributed by atoms with E-state index in [-0.39, 0.29) is 6.04 Å². The number of fused-ring (bicyclic) bond motifs is 1. The van der Waals surface area contributed by atoms with Crippen molar-refractivity contribution in [2.24, 2.45) is 4.99 Å². The molecule has 0 heterocycles. The summed E-state index contributed by atoms with van der Waals surface area (Å²) in [5.74, 6) is 1.02. The molecular formula is C19H21NO. The minimum absolute atomic E-state index is 0.230. The van der Waals surface area contributed by atoms with Crippen LogP contribution in [0.4, 0.5) is 0 Å². The molecule has 2 heteroatoms. The van der Waals surface area contributed by atoms with Crippen molar-refractivity contribution >= 4 is 5.71 Å². The van der Waals surface area contributed by atoms with Gasteiger partial charge in [0.15, 0.2) is 0 Å². The quantitative estimate of drug-likeness (QED) is 0.816. The minimum Gasteiger partial charge on any atom is -0.496 e. The van der Waals surface area contributed by atoms with Crippen LogP contribution in [0.15, 0.2) is 53.5 Å². The molecule has 0 amide bonds. The zero-order valence-electron chi connectivity index (χ0n) is 12.7. The van der Waals surface area contributed by atoms with Crippen molar-refractivity contribution in [2.45, 2.75) is 32.2 Å². The molecule has 1 aliphatic carbocycles. The Morgan fingerprint density at radius 1 is 1.00 bits per heavy atom. The van der Waals surface area contributed by atoms with E-state index in [4.69, 9.17) is 9.73 Å². The third-order valence-electron chi connectivity index (χ3n) is 4.17. The fraction of sp³-hybridized carbons (Fsp3) is 0.316. The second kappa shape index (κ2) is 6.13. The summed E-state index contributed by atoms with van der Waals surface area (Å²) in [6, 6.07) is 17.0. The monoisotopic (exact) mass is 279 g/mol. The van der Waals surface area contributed by atoms with E-state index in [0.29, 0.717) is 0 Å². The molecule has 0 unspecified atom stereocenters. The van der Waals surface area contributed by atoms with E-state index in [1.54, 1.807) is 7.11 Å². The Morgan fingerprint density at radius 3 is 2.57 bits per heavy atom. The Hall–Kier alpha value is -2.09. The Morgan fingerprint density at radius 2 is 1.81 bits per heavy atom. The average Bonchev–Trinajstić information content (AvgIpc) is 2.54. The van der Waals surface area contributed by atoms with Crippen molar-refractivity contribution in [1.29, 1.82) is 0 Å². The number of hydrogen-bond donors (Lipinski definition) is 0.